The van der Waals surface area contributed by atoms with Crippen molar-refractivity contribution in [3.8, 4) is 5.88 Å². The highest BCUT2D eigenvalue weighted by Gasteiger charge is 2.12. The zero-order chi connectivity index (χ0) is 10.7. The van der Waals surface area contributed by atoms with Crippen molar-refractivity contribution in [1.29, 1.82) is 0 Å². The molecule has 1 atom stereocenters. The summed E-state index contributed by atoms with van der Waals surface area (Å²) in [6.45, 7) is 1.59. The van der Waals surface area contributed by atoms with Gasteiger partial charge in [-0.1, -0.05) is 0 Å². The maximum Gasteiger partial charge on any atom is 0.243 e. The van der Waals surface area contributed by atoms with Crippen molar-refractivity contribution in [2.45, 2.75) is 12.3 Å². The SMILES string of the molecule is COc1cc(NC(=O)C(C)Cl)nn1C. The van der Waals surface area contributed by atoms with Crippen LogP contribution >= 0.6 is 11.6 Å². The van der Waals surface area contributed by atoms with E-state index in [9.17, 15) is 4.79 Å². The predicted octanol–water partition coefficient (Wildman–Crippen LogP) is 0.994. The first-order valence-corrected chi connectivity index (χ1v) is 4.51. The zero-order valence-corrected chi connectivity index (χ0v) is 9.00. The molecule has 6 heteroatoms. The highest BCUT2D eigenvalue weighted by atomic mass is 35.5. The molecule has 5 nitrogen and oxygen atoms in total. The van der Waals surface area contributed by atoms with E-state index in [1.165, 1.54) is 11.8 Å². The van der Waals surface area contributed by atoms with Gasteiger partial charge in [0.1, 0.15) is 5.38 Å². The topological polar surface area (TPSA) is 56.1 Å². The Labute approximate surface area is 87.0 Å². The first-order chi connectivity index (χ1) is 6.54. The maximum atomic E-state index is 11.2. The third-order valence-corrected chi connectivity index (χ3v) is 1.86. The van der Waals surface area contributed by atoms with Crippen LogP contribution in [-0.2, 0) is 11.8 Å². The average molecular weight is 218 g/mol. The summed E-state index contributed by atoms with van der Waals surface area (Å²) < 4.78 is 6.51. The molecule has 78 valence electrons. The smallest absolute Gasteiger partial charge is 0.243 e. The second-order valence-electron chi connectivity index (χ2n) is 2.80. The second kappa shape index (κ2) is 4.32. The van der Waals surface area contributed by atoms with Gasteiger partial charge in [0.05, 0.1) is 7.11 Å². The summed E-state index contributed by atoms with van der Waals surface area (Å²) in [6.07, 6.45) is 0. The third-order valence-electron chi connectivity index (χ3n) is 1.66. The monoisotopic (exact) mass is 217 g/mol. The molecule has 0 saturated carbocycles. The van der Waals surface area contributed by atoms with E-state index in [-0.39, 0.29) is 5.91 Å². The van der Waals surface area contributed by atoms with Crippen LogP contribution in [-0.4, -0.2) is 28.2 Å². The summed E-state index contributed by atoms with van der Waals surface area (Å²) in [7, 11) is 3.26. The molecule has 1 rings (SSSR count). The van der Waals surface area contributed by atoms with Crippen molar-refractivity contribution in [2.24, 2.45) is 7.05 Å². The summed E-state index contributed by atoms with van der Waals surface area (Å²) in [5.41, 5.74) is 0. The zero-order valence-electron chi connectivity index (χ0n) is 8.24. The normalized spacial score (nSPS) is 12.3. The number of amides is 1. The Kier molecular flexibility index (Phi) is 3.35. The minimum atomic E-state index is -0.581. The number of aromatic nitrogens is 2. The van der Waals surface area contributed by atoms with Crippen LogP contribution in [0.3, 0.4) is 0 Å². The van der Waals surface area contributed by atoms with E-state index in [1.54, 1.807) is 20.0 Å². The molecule has 1 aromatic heterocycles. The molecule has 1 N–H and O–H groups in total. The number of halogens is 1. The number of hydrogen-bond donors (Lipinski definition) is 1. The molecule has 1 aromatic rings. The molecule has 0 aromatic carbocycles. The van der Waals surface area contributed by atoms with E-state index in [4.69, 9.17) is 16.3 Å². The van der Waals surface area contributed by atoms with Crippen LogP contribution in [0.1, 0.15) is 6.92 Å². The van der Waals surface area contributed by atoms with Gasteiger partial charge in [0.2, 0.25) is 11.8 Å². The number of carbonyl (C=O) groups excluding carboxylic acids is 1. The lowest BCUT2D eigenvalue weighted by Gasteiger charge is -2.01. The number of alkyl halides is 1. The highest BCUT2D eigenvalue weighted by Crippen LogP contribution is 2.15. The number of rotatable bonds is 3. The number of anilines is 1. The quantitative estimate of drug-likeness (QED) is 0.769. The Morgan fingerprint density at radius 2 is 2.43 bits per heavy atom. The molecule has 0 aliphatic carbocycles. The first-order valence-electron chi connectivity index (χ1n) is 4.07. The summed E-state index contributed by atoms with van der Waals surface area (Å²) in [5.74, 6) is 0.719. The van der Waals surface area contributed by atoms with E-state index >= 15 is 0 Å². The molecule has 0 bridgehead atoms. The molecule has 14 heavy (non-hydrogen) atoms. The van der Waals surface area contributed by atoms with Crippen LogP contribution in [0.25, 0.3) is 0 Å². The van der Waals surface area contributed by atoms with Crippen molar-refractivity contribution in [1.82, 2.24) is 9.78 Å². The van der Waals surface area contributed by atoms with E-state index in [0.29, 0.717) is 11.7 Å². The van der Waals surface area contributed by atoms with Crippen LogP contribution < -0.4 is 10.1 Å². The molecule has 0 radical (unpaired) electrons. The Balaban J connectivity index is 2.73. The Hall–Kier alpha value is -1.23. The molecular formula is C8H12ClN3O2. The van der Waals surface area contributed by atoms with Crippen LogP contribution in [0, 0.1) is 0 Å². The van der Waals surface area contributed by atoms with Gasteiger partial charge < -0.3 is 10.1 Å². The fraction of sp³-hybridized carbons (Fsp3) is 0.500. The van der Waals surface area contributed by atoms with Gasteiger partial charge in [-0.3, -0.25) is 4.79 Å². The Morgan fingerprint density at radius 3 is 2.86 bits per heavy atom. The molecule has 1 amide bonds. The number of hydrogen-bond acceptors (Lipinski definition) is 3. The van der Waals surface area contributed by atoms with Gasteiger partial charge in [0.15, 0.2) is 5.82 Å². The number of nitrogens with one attached hydrogen (secondary N) is 1. The largest absolute Gasteiger partial charge is 0.481 e. The number of carbonyl (C=O) groups is 1. The Bertz CT molecular complexity index is 335. The maximum absolute atomic E-state index is 11.2. The van der Waals surface area contributed by atoms with Gasteiger partial charge >= 0.3 is 0 Å². The minimum absolute atomic E-state index is 0.285. The van der Waals surface area contributed by atoms with Gasteiger partial charge in [-0.25, -0.2) is 4.68 Å². The lowest BCUT2D eigenvalue weighted by Crippen LogP contribution is -2.20. The van der Waals surface area contributed by atoms with Crippen LogP contribution in [0.5, 0.6) is 5.88 Å². The lowest BCUT2D eigenvalue weighted by atomic mass is 10.4. The van der Waals surface area contributed by atoms with Crippen molar-refractivity contribution in [3.63, 3.8) is 0 Å². The molecule has 0 fully saturated rings. The third kappa shape index (κ3) is 2.38. The van der Waals surface area contributed by atoms with Gasteiger partial charge in [-0.05, 0) is 6.92 Å². The van der Waals surface area contributed by atoms with Gasteiger partial charge in [-0.2, -0.15) is 5.10 Å². The summed E-state index contributed by atoms with van der Waals surface area (Å²) in [5, 5.41) is 5.98. The average Bonchev–Trinajstić information content (AvgIpc) is 2.45. The second-order valence-corrected chi connectivity index (χ2v) is 3.46. The predicted molar refractivity (Wildman–Crippen MR) is 53.7 cm³/mol. The summed E-state index contributed by atoms with van der Waals surface area (Å²) in [6, 6.07) is 1.62. The van der Waals surface area contributed by atoms with E-state index < -0.39 is 5.38 Å². The van der Waals surface area contributed by atoms with Gasteiger partial charge in [0, 0.05) is 13.1 Å². The van der Waals surface area contributed by atoms with Gasteiger partial charge in [0.25, 0.3) is 0 Å². The van der Waals surface area contributed by atoms with Crippen LogP contribution in [0.2, 0.25) is 0 Å². The fourth-order valence-electron chi connectivity index (χ4n) is 0.928. The van der Waals surface area contributed by atoms with Crippen molar-refractivity contribution < 1.29 is 9.53 Å². The van der Waals surface area contributed by atoms with Crippen molar-refractivity contribution in [3.05, 3.63) is 6.07 Å². The first kappa shape index (κ1) is 10.8. The summed E-state index contributed by atoms with van der Waals surface area (Å²) in [4.78, 5) is 11.2. The number of ether oxygens (including phenoxy) is 1. The summed E-state index contributed by atoms with van der Waals surface area (Å²) >= 11 is 5.58. The Morgan fingerprint density at radius 1 is 1.79 bits per heavy atom. The number of nitrogens with zero attached hydrogens (tertiary/aromatic N) is 2. The van der Waals surface area contributed by atoms with Crippen LogP contribution in [0.15, 0.2) is 6.07 Å². The van der Waals surface area contributed by atoms with E-state index in [0.717, 1.165) is 0 Å². The molecule has 0 aliphatic rings. The van der Waals surface area contributed by atoms with Crippen molar-refractivity contribution >= 4 is 23.3 Å². The molecule has 0 aliphatic heterocycles. The molecule has 1 unspecified atom stereocenters. The van der Waals surface area contributed by atoms with E-state index in [2.05, 4.69) is 10.4 Å². The lowest BCUT2D eigenvalue weighted by molar-refractivity contribution is -0.115. The standard InChI is InChI=1S/C8H12ClN3O2/c1-5(9)8(13)10-6-4-7(14-3)12(2)11-6/h4-5H,1-3H3,(H,10,11,13). The fourth-order valence-corrected chi connectivity index (χ4v) is 0.982. The number of aryl methyl sites for hydroxylation is 1. The van der Waals surface area contributed by atoms with Crippen molar-refractivity contribution in [2.75, 3.05) is 12.4 Å². The van der Waals surface area contributed by atoms with E-state index in [1.807, 2.05) is 0 Å². The number of methoxy groups -OCH3 is 1. The minimum Gasteiger partial charge on any atom is -0.481 e. The van der Waals surface area contributed by atoms with Gasteiger partial charge in [-0.15, -0.1) is 11.6 Å². The van der Waals surface area contributed by atoms with Crippen LogP contribution in [0.4, 0.5) is 5.82 Å². The molecule has 0 saturated heterocycles. The highest BCUT2D eigenvalue weighted by molar-refractivity contribution is 6.32. The molecule has 0 spiro atoms. The molecular weight excluding hydrogens is 206 g/mol. The molecule has 1 heterocycles.